The summed E-state index contributed by atoms with van der Waals surface area (Å²) in [6.45, 7) is 1.18. The fourth-order valence-corrected chi connectivity index (χ4v) is 2.87. The molecule has 3 aromatic rings. The Hall–Kier alpha value is -2.86. The highest BCUT2D eigenvalue weighted by molar-refractivity contribution is 9.10. The van der Waals surface area contributed by atoms with Crippen LogP contribution in [-0.2, 0) is 17.9 Å². The standard InChI is InChI=1S/C22H21BrN2O3/c23-18-6-4-9-21(14-18)27-12-10-22(26)25-15-17-5-3-8-20(13-17)28-16-19-7-1-2-11-24-19/h1-9,11,13-14H,10,12,15-16H2,(H,25,26). The summed E-state index contributed by atoms with van der Waals surface area (Å²) in [5, 5.41) is 2.90. The predicted octanol–water partition coefficient (Wildman–Crippen LogP) is 4.51. The Morgan fingerprint density at radius 3 is 2.57 bits per heavy atom. The van der Waals surface area contributed by atoms with Crippen LogP contribution in [0.2, 0.25) is 0 Å². The number of pyridine rings is 1. The quantitative estimate of drug-likeness (QED) is 0.531. The summed E-state index contributed by atoms with van der Waals surface area (Å²) in [6, 6.07) is 20.9. The van der Waals surface area contributed by atoms with Gasteiger partial charge in [0.25, 0.3) is 0 Å². The molecule has 0 spiro atoms. The van der Waals surface area contributed by atoms with Crippen molar-refractivity contribution >= 4 is 21.8 Å². The van der Waals surface area contributed by atoms with E-state index < -0.39 is 0 Å². The van der Waals surface area contributed by atoms with Crippen molar-refractivity contribution in [2.75, 3.05) is 6.61 Å². The molecule has 1 heterocycles. The highest BCUT2D eigenvalue weighted by Crippen LogP contribution is 2.18. The average Bonchev–Trinajstić information content (AvgIpc) is 2.72. The first-order valence-electron chi connectivity index (χ1n) is 8.96. The minimum absolute atomic E-state index is 0.0604. The van der Waals surface area contributed by atoms with Gasteiger partial charge in [-0.25, -0.2) is 0 Å². The summed E-state index contributed by atoms with van der Waals surface area (Å²) in [4.78, 5) is 16.3. The van der Waals surface area contributed by atoms with Gasteiger partial charge in [0, 0.05) is 17.2 Å². The van der Waals surface area contributed by atoms with Crippen LogP contribution >= 0.6 is 15.9 Å². The number of rotatable bonds is 9. The molecule has 6 heteroatoms. The lowest BCUT2D eigenvalue weighted by molar-refractivity contribution is -0.121. The van der Waals surface area contributed by atoms with Crippen molar-refractivity contribution in [3.63, 3.8) is 0 Å². The first-order valence-corrected chi connectivity index (χ1v) is 9.75. The lowest BCUT2D eigenvalue weighted by Gasteiger charge is -2.10. The molecule has 1 N–H and O–H groups in total. The molecule has 0 saturated carbocycles. The number of hydrogen-bond acceptors (Lipinski definition) is 4. The molecule has 3 rings (SSSR count). The Morgan fingerprint density at radius 2 is 1.79 bits per heavy atom. The van der Waals surface area contributed by atoms with Crippen LogP contribution < -0.4 is 14.8 Å². The van der Waals surface area contributed by atoms with Gasteiger partial charge in [0.1, 0.15) is 18.1 Å². The molecule has 0 saturated heterocycles. The van der Waals surface area contributed by atoms with E-state index in [1.807, 2.05) is 66.7 Å². The Kier molecular flexibility index (Phi) is 7.44. The van der Waals surface area contributed by atoms with E-state index in [1.54, 1.807) is 6.20 Å². The second-order valence-corrected chi connectivity index (χ2v) is 7.01. The van der Waals surface area contributed by atoms with Gasteiger partial charge in [-0.15, -0.1) is 0 Å². The molecule has 1 aromatic heterocycles. The smallest absolute Gasteiger partial charge is 0.223 e. The maximum atomic E-state index is 12.0. The number of amides is 1. The monoisotopic (exact) mass is 440 g/mol. The van der Waals surface area contributed by atoms with E-state index in [0.29, 0.717) is 26.2 Å². The van der Waals surface area contributed by atoms with Crippen LogP contribution in [0.4, 0.5) is 0 Å². The topological polar surface area (TPSA) is 60.5 Å². The molecule has 0 atom stereocenters. The van der Waals surface area contributed by atoms with Crippen LogP contribution in [0.1, 0.15) is 17.7 Å². The van der Waals surface area contributed by atoms with Crippen molar-refractivity contribution in [2.24, 2.45) is 0 Å². The van der Waals surface area contributed by atoms with Crippen molar-refractivity contribution in [1.82, 2.24) is 10.3 Å². The second kappa shape index (κ2) is 10.5. The highest BCUT2D eigenvalue weighted by atomic mass is 79.9. The van der Waals surface area contributed by atoms with Gasteiger partial charge >= 0.3 is 0 Å². The third-order valence-corrected chi connectivity index (χ3v) is 4.39. The SMILES string of the molecule is O=C(CCOc1cccc(Br)c1)NCc1cccc(OCc2ccccn2)c1. The van der Waals surface area contributed by atoms with Gasteiger partial charge in [-0.05, 0) is 48.0 Å². The number of ether oxygens (including phenoxy) is 2. The molecule has 0 fully saturated rings. The molecule has 1 amide bonds. The molecule has 0 aliphatic carbocycles. The van der Waals surface area contributed by atoms with Crippen LogP contribution in [0.3, 0.4) is 0 Å². The Labute approximate surface area is 172 Å². The molecule has 0 aliphatic rings. The Bertz CT molecular complexity index is 903. The van der Waals surface area contributed by atoms with E-state index in [2.05, 4.69) is 26.2 Å². The first kappa shape index (κ1) is 19.9. The average molecular weight is 441 g/mol. The molecular formula is C22H21BrN2O3. The van der Waals surface area contributed by atoms with E-state index >= 15 is 0 Å². The predicted molar refractivity (Wildman–Crippen MR) is 111 cm³/mol. The van der Waals surface area contributed by atoms with Gasteiger partial charge in [-0.2, -0.15) is 0 Å². The van der Waals surface area contributed by atoms with Crippen molar-refractivity contribution < 1.29 is 14.3 Å². The number of aromatic nitrogens is 1. The highest BCUT2D eigenvalue weighted by Gasteiger charge is 2.04. The molecule has 0 bridgehead atoms. The van der Waals surface area contributed by atoms with E-state index in [4.69, 9.17) is 9.47 Å². The summed E-state index contributed by atoms with van der Waals surface area (Å²) in [5.41, 5.74) is 1.84. The fraction of sp³-hybridized carbons (Fsp3) is 0.182. The van der Waals surface area contributed by atoms with Gasteiger partial charge < -0.3 is 14.8 Å². The summed E-state index contributed by atoms with van der Waals surface area (Å²) < 4.78 is 12.3. The van der Waals surface area contributed by atoms with Crippen LogP contribution in [-0.4, -0.2) is 17.5 Å². The maximum Gasteiger partial charge on any atom is 0.223 e. The largest absolute Gasteiger partial charge is 0.493 e. The second-order valence-electron chi connectivity index (χ2n) is 6.09. The summed E-state index contributed by atoms with van der Waals surface area (Å²) in [5.74, 6) is 1.42. The molecular weight excluding hydrogens is 420 g/mol. The van der Waals surface area contributed by atoms with Gasteiger partial charge in [-0.1, -0.05) is 40.2 Å². The van der Waals surface area contributed by atoms with Crippen LogP contribution in [0.25, 0.3) is 0 Å². The first-order chi connectivity index (χ1) is 13.7. The van der Waals surface area contributed by atoms with Gasteiger partial charge in [0.2, 0.25) is 5.91 Å². The summed E-state index contributed by atoms with van der Waals surface area (Å²) in [7, 11) is 0. The van der Waals surface area contributed by atoms with Gasteiger partial charge in [0.15, 0.2) is 0 Å². The van der Waals surface area contributed by atoms with E-state index in [1.165, 1.54) is 0 Å². The van der Waals surface area contributed by atoms with Gasteiger partial charge in [-0.3, -0.25) is 9.78 Å². The van der Waals surface area contributed by atoms with Crippen molar-refractivity contribution in [3.05, 3.63) is 88.7 Å². The van der Waals surface area contributed by atoms with E-state index in [0.717, 1.165) is 27.2 Å². The van der Waals surface area contributed by atoms with Crippen molar-refractivity contribution in [3.8, 4) is 11.5 Å². The summed E-state index contributed by atoms with van der Waals surface area (Å²) in [6.07, 6.45) is 2.04. The van der Waals surface area contributed by atoms with Crippen molar-refractivity contribution in [2.45, 2.75) is 19.6 Å². The van der Waals surface area contributed by atoms with Crippen LogP contribution in [0.5, 0.6) is 11.5 Å². The minimum Gasteiger partial charge on any atom is -0.493 e. The van der Waals surface area contributed by atoms with E-state index in [9.17, 15) is 4.79 Å². The third kappa shape index (κ3) is 6.70. The maximum absolute atomic E-state index is 12.0. The molecule has 0 radical (unpaired) electrons. The number of carbonyl (C=O) groups excluding carboxylic acids is 1. The Balaban J connectivity index is 1.40. The summed E-state index contributed by atoms with van der Waals surface area (Å²) >= 11 is 3.39. The Morgan fingerprint density at radius 1 is 0.964 bits per heavy atom. The number of nitrogens with one attached hydrogen (secondary N) is 1. The molecule has 0 unspecified atom stereocenters. The van der Waals surface area contributed by atoms with Crippen molar-refractivity contribution in [1.29, 1.82) is 0 Å². The lowest BCUT2D eigenvalue weighted by atomic mass is 10.2. The zero-order valence-corrected chi connectivity index (χ0v) is 16.9. The van der Waals surface area contributed by atoms with Crippen LogP contribution in [0, 0.1) is 0 Å². The number of carbonyl (C=O) groups is 1. The van der Waals surface area contributed by atoms with Gasteiger partial charge in [0.05, 0.1) is 18.7 Å². The van der Waals surface area contributed by atoms with E-state index in [-0.39, 0.29) is 5.91 Å². The molecule has 28 heavy (non-hydrogen) atoms. The zero-order valence-electron chi connectivity index (χ0n) is 15.3. The minimum atomic E-state index is -0.0604. The third-order valence-electron chi connectivity index (χ3n) is 3.89. The number of hydrogen-bond donors (Lipinski definition) is 1. The fourth-order valence-electron chi connectivity index (χ4n) is 2.49. The lowest BCUT2D eigenvalue weighted by Crippen LogP contribution is -2.24. The molecule has 144 valence electrons. The number of nitrogens with zero attached hydrogens (tertiary/aromatic N) is 1. The molecule has 5 nitrogen and oxygen atoms in total. The number of benzene rings is 2. The number of halogens is 1. The van der Waals surface area contributed by atoms with Crippen LogP contribution in [0.15, 0.2) is 77.4 Å². The normalized spacial score (nSPS) is 10.3. The molecule has 0 aliphatic heterocycles. The zero-order chi connectivity index (χ0) is 19.6. The molecule has 2 aromatic carbocycles.